The first-order chi connectivity index (χ1) is 10.6. The van der Waals surface area contributed by atoms with Gasteiger partial charge in [0.15, 0.2) is 0 Å². The van der Waals surface area contributed by atoms with Gasteiger partial charge in [0.2, 0.25) is 11.6 Å². The van der Waals surface area contributed by atoms with E-state index in [2.05, 4.69) is 22.2 Å². The van der Waals surface area contributed by atoms with Gasteiger partial charge in [-0.3, -0.25) is 10.1 Å². The van der Waals surface area contributed by atoms with E-state index < -0.39 is 4.92 Å². The number of anilines is 2. The van der Waals surface area contributed by atoms with Crippen molar-refractivity contribution in [2.24, 2.45) is 0 Å². The van der Waals surface area contributed by atoms with Crippen molar-refractivity contribution in [1.82, 2.24) is 9.97 Å². The zero-order valence-electron chi connectivity index (χ0n) is 12.7. The van der Waals surface area contributed by atoms with Crippen LogP contribution in [0, 0.1) is 10.1 Å². The molecule has 0 saturated carbocycles. The van der Waals surface area contributed by atoms with Crippen LogP contribution in [0.5, 0.6) is 0 Å². The average Bonchev–Trinajstić information content (AvgIpc) is 3.03. The van der Waals surface area contributed by atoms with E-state index in [9.17, 15) is 10.1 Å². The lowest BCUT2D eigenvalue weighted by Gasteiger charge is -2.18. The number of aromatic nitrogens is 2. The molecule has 0 aliphatic heterocycles. The minimum Gasteiger partial charge on any atom is -0.467 e. The Hall–Kier alpha value is -2.64. The number of nitrogens with zero attached hydrogens (tertiary/aromatic N) is 4. The predicted molar refractivity (Wildman–Crippen MR) is 82.9 cm³/mol. The highest BCUT2D eigenvalue weighted by molar-refractivity contribution is 5.70. The Bertz CT molecular complexity index is 615. The first kappa shape index (κ1) is 15.7. The summed E-state index contributed by atoms with van der Waals surface area (Å²) in [6, 6.07) is 3.55. The first-order valence-corrected chi connectivity index (χ1v) is 7.10. The second-order valence-corrected chi connectivity index (χ2v) is 4.86. The molecule has 2 heterocycles. The van der Waals surface area contributed by atoms with Crippen LogP contribution in [0.1, 0.15) is 25.5 Å². The summed E-state index contributed by atoms with van der Waals surface area (Å²) in [4.78, 5) is 20.8. The summed E-state index contributed by atoms with van der Waals surface area (Å²) in [7, 11) is 1.79. The van der Waals surface area contributed by atoms with Gasteiger partial charge in [0.1, 0.15) is 12.1 Å². The molecular formula is C14H19N5O3. The summed E-state index contributed by atoms with van der Waals surface area (Å²) in [6.07, 6.45) is 4.82. The molecule has 118 valence electrons. The third-order valence-electron chi connectivity index (χ3n) is 3.20. The molecule has 2 aromatic rings. The van der Waals surface area contributed by atoms with Crippen molar-refractivity contribution in [3.8, 4) is 0 Å². The van der Waals surface area contributed by atoms with Crippen molar-refractivity contribution < 1.29 is 9.34 Å². The van der Waals surface area contributed by atoms with Crippen LogP contribution in [0.3, 0.4) is 0 Å². The van der Waals surface area contributed by atoms with Crippen molar-refractivity contribution in [3.63, 3.8) is 0 Å². The van der Waals surface area contributed by atoms with Crippen LogP contribution < -0.4 is 10.2 Å². The second-order valence-electron chi connectivity index (χ2n) is 4.86. The number of rotatable bonds is 8. The molecule has 0 aromatic carbocycles. The molecule has 0 spiro atoms. The minimum atomic E-state index is -0.456. The van der Waals surface area contributed by atoms with Gasteiger partial charge in [-0.1, -0.05) is 13.3 Å². The highest BCUT2D eigenvalue weighted by Gasteiger charge is 2.25. The van der Waals surface area contributed by atoms with E-state index in [0.717, 1.165) is 12.8 Å². The predicted octanol–water partition coefficient (Wildman–Crippen LogP) is 2.83. The maximum atomic E-state index is 11.4. The summed E-state index contributed by atoms with van der Waals surface area (Å²) in [5.41, 5.74) is -0.118. The molecule has 0 fully saturated rings. The highest BCUT2D eigenvalue weighted by atomic mass is 16.6. The molecule has 1 N–H and O–H groups in total. The third-order valence-corrected chi connectivity index (χ3v) is 3.20. The monoisotopic (exact) mass is 305 g/mol. The van der Waals surface area contributed by atoms with Crippen LogP contribution in [-0.4, -0.2) is 28.5 Å². The third kappa shape index (κ3) is 3.72. The Morgan fingerprint density at radius 3 is 2.91 bits per heavy atom. The van der Waals surface area contributed by atoms with Crippen molar-refractivity contribution >= 4 is 17.3 Å². The number of unbranched alkanes of at least 4 members (excludes halogenated alkanes) is 1. The van der Waals surface area contributed by atoms with Gasteiger partial charge in [-0.25, -0.2) is 9.97 Å². The van der Waals surface area contributed by atoms with Gasteiger partial charge in [0.25, 0.3) is 0 Å². The van der Waals surface area contributed by atoms with Gasteiger partial charge >= 0.3 is 5.69 Å². The highest BCUT2D eigenvalue weighted by Crippen LogP contribution is 2.31. The molecule has 0 bridgehead atoms. The topological polar surface area (TPSA) is 97.3 Å². The molecule has 8 heteroatoms. The van der Waals surface area contributed by atoms with Crippen LogP contribution in [0.25, 0.3) is 0 Å². The van der Waals surface area contributed by atoms with E-state index >= 15 is 0 Å². The average molecular weight is 305 g/mol. The van der Waals surface area contributed by atoms with Crippen LogP contribution in [0.2, 0.25) is 0 Å². The molecule has 2 rings (SSSR count). The lowest BCUT2D eigenvalue weighted by Crippen LogP contribution is -2.21. The SMILES string of the molecule is CCCCN(C)c1ncnc(NCc2ccco2)c1[N+](=O)[O-]. The van der Waals surface area contributed by atoms with E-state index in [0.29, 0.717) is 24.7 Å². The lowest BCUT2D eigenvalue weighted by atomic mass is 10.3. The van der Waals surface area contributed by atoms with Gasteiger partial charge in [-0.2, -0.15) is 0 Å². The van der Waals surface area contributed by atoms with E-state index in [1.807, 2.05) is 0 Å². The maximum absolute atomic E-state index is 11.4. The molecule has 0 aliphatic rings. The maximum Gasteiger partial charge on any atom is 0.353 e. The molecule has 0 saturated heterocycles. The van der Waals surface area contributed by atoms with Crippen molar-refractivity contribution in [3.05, 3.63) is 40.6 Å². The lowest BCUT2D eigenvalue weighted by molar-refractivity contribution is -0.383. The first-order valence-electron chi connectivity index (χ1n) is 7.10. The Morgan fingerprint density at radius 1 is 1.45 bits per heavy atom. The molecule has 8 nitrogen and oxygen atoms in total. The second kappa shape index (κ2) is 7.39. The van der Waals surface area contributed by atoms with E-state index in [1.165, 1.54) is 6.33 Å². The fourth-order valence-corrected chi connectivity index (χ4v) is 2.03. The van der Waals surface area contributed by atoms with Crippen molar-refractivity contribution in [2.45, 2.75) is 26.3 Å². The van der Waals surface area contributed by atoms with Gasteiger partial charge in [0.05, 0.1) is 17.7 Å². The number of hydrogen-bond donors (Lipinski definition) is 1. The molecule has 22 heavy (non-hydrogen) atoms. The molecule has 0 aliphatic carbocycles. The van der Waals surface area contributed by atoms with Crippen LogP contribution >= 0.6 is 0 Å². The van der Waals surface area contributed by atoms with Crippen LogP contribution in [-0.2, 0) is 6.54 Å². The Kier molecular flexibility index (Phi) is 5.29. The number of hydrogen-bond acceptors (Lipinski definition) is 7. The normalized spacial score (nSPS) is 10.5. The smallest absolute Gasteiger partial charge is 0.353 e. The summed E-state index contributed by atoms with van der Waals surface area (Å²) in [5.74, 6) is 1.18. The van der Waals surface area contributed by atoms with E-state index in [1.54, 1.807) is 30.3 Å². The zero-order valence-corrected chi connectivity index (χ0v) is 12.7. The van der Waals surface area contributed by atoms with Gasteiger partial charge in [0, 0.05) is 13.6 Å². The summed E-state index contributed by atoms with van der Waals surface area (Å²) in [6.45, 7) is 3.09. The molecular weight excluding hydrogens is 286 g/mol. The standard InChI is InChI=1S/C14H19N5O3/c1-3-4-7-18(2)14-12(19(20)21)13(16-10-17-14)15-9-11-6-5-8-22-11/h5-6,8,10H,3-4,7,9H2,1-2H3,(H,15,16,17). The van der Waals surface area contributed by atoms with Crippen molar-refractivity contribution in [1.29, 1.82) is 0 Å². The summed E-state index contributed by atoms with van der Waals surface area (Å²) >= 11 is 0. The van der Waals surface area contributed by atoms with Gasteiger partial charge in [-0.15, -0.1) is 0 Å². The summed E-state index contributed by atoms with van der Waals surface area (Å²) < 4.78 is 5.20. The van der Waals surface area contributed by atoms with Crippen molar-refractivity contribution in [2.75, 3.05) is 23.8 Å². The quantitative estimate of drug-likeness (QED) is 0.591. The van der Waals surface area contributed by atoms with E-state index in [-0.39, 0.29) is 11.5 Å². The fourth-order valence-electron chi connectivity index (χ4n) is 2.03. The zero-order chi connectivity index (χ0) is 15.9. The molecule has 0 unspecified atom stereocenters. The molecule has 0 radical (unpaired) electrons. The van der Waals surface area contributed by atoms with Crippen LogP contribution in [0.15, 0.2) is 29.1 Å². The number of furan rings is 1. The fraction of sp³-hybridized carbons (Fsp3) is 0.429. The minimum absolute atomic E-state index is 0.118. The summed E-state index contributed by atoms with van der Waals surface area (Å²) in [5, 5.41) is 14.4. The largest absolute Gasteiger partial charge is 0.467 e. The Labute approximate surface area is 128 Å². The van der Waals surface area contributed by atoms with Gasteiger partial charge in [-0.05, 0) is 18.6 Å². The molecule has 0 atom stereocenters. The van der Waals surface area contributed by atoms with Gasteiger partial charge < -0.3 is 14.6 Å². The molecule has 0 amide bonds. The van der Waals surface area contributed by atoms with E-state index in [4.69, 9.17) is 4.42 Å². The van der Waals surface area contributed by atoms with Crippen LogP contribution in [0.4, 0.5) is 17.3 Å². The molecule has 2 aromatic heterocycles. The number of nitro groups is 1. The Morgan fingerprint density at radius 2 is 2.27 bits per heavy atom. The number of nitrogens with one attached hydrogen (secondary N) is 1. The Balaban J connectivity index is 2.23.